The van der Waals surface area contributed by atoms with Crippen molar-refractivity contribution in [3.05, 3.63) is 29.0 Å². The third kappa shape index (κ3) is 2.69. The van der Waals surface area contributed by atoms with Gasteiger partial charge in [-0.2, -0.15) is 0 Å². The van der Waals surface area contributed by atoms with E-state index >= 15 is 0 Å². The fraction of sp³-hybridized carbons (Fsp3) is 0.385. The van der Waals surface area contributed by atoms with E-state index in [1.54, 1.807) is 12.1 Å². The molecule has 1 amide bonds. The average molecular weight is 298 g/mol. The molecule has 0 radical (unpaired) electrons. The van der Waals surface area contributed by atoms with E-state index in [0.717, 1.165) is 23.9 Å². The van der Waals surface area contributed by atoms with Gasteiger partial charge in [0.25, 0.3) is 0 Å². The van der Waals surface area contributed by atoms with E-state index in [0.29, 0.717) is 16.9 Å². The van der Waals surface area contributed by atoms with Crippen molar-refractivity contribution in [3.63, 3.8) is 0 Å². The summed E-state index contributed by atoms with van der Waals surface area (Å²) < 4.78 is 1.84. The zero-order chi connectivity index (χ0) is 13.4. The van der Waals surface area contributed by atoms with Crippen LogP contribution in [0.3, 0.4) is 0 Å². The van der Waals surface area contributed by atoms with Gasteiger partial charge in [0, 0.05) is 11.1 Å². The van der Waals surface area contributed by atoms with Crippen LogP contribution in [0.2, 0.25) is 5.02 Å². The van der Waals surface area contributed by atoms with Crippen molar-refractivity contribution in [1.82, 2.24) is 14.9 Å². The number of nitrogens with zero attached hydrogens (tertiary/aromatic N) is 2. The summed E-state index contributed by atoms with van der Waals surface area (Å²) in [7, 11) is 0. The molecule has 1 aliphatic rings. The number of carbonyl (C=O) groups is 1. The second-order valence-electron chi connectivity index (χ2n) is 4.72. The molecule has 0 saturated heterocycles. The molecule has 2 aromatic rings. The Labute approximate surface area is 120 Å². The van der Waals surface area contributed by atoms with Crippen LogP contribution >= 0.6 is 23.2 Å². The predicted molar refractivity (Wildman–Crippen MR) is 75.5 cm³/mol. The minimum atomic E-state index is 0.00289. The van der Waals surface area contributed by atoms with Gasteiger partial charge in [0.05, 0.1) is 16.9 Å². The Morgan fingerprint density at radius 2 is 2.26 bits per heavy atom. The number of amides is 1. The summed E-state index contributed by atoms with van der Waals surface area (Å²) in [6.45, 7) is 0.247. The molecule has 3 rings (SSSR count). The van der Waals surface area contributed by atoms with Gasteiger partial charge >= 0.3 is 0 Å². The molecule has 1 aliphatic carbocycles. The summed E-state index contributed by atoms with van der Waals surface area (Å²) in [6, 6.07) is 5.79. The molecule has 1 N–H and O–H groups in total. The standard InChI is InChI=1S/C13H13Cl2N3O/c14-6-12-17-10-5-8(15)1-4-11(10)18(12)7-13(19)16-9-2-3-9/h1,4-5,9H,2-3,6-7H2,(H,16,19). The van der Waals surface area contributed by atoms with Crippen LogP contribution in [0, 0.1) is 0 Å². The maximum Gasteiger partial charge on any atom is 0.240 e. The molecule has 1 fully saturated rings. The van der Waals surface area contributed by atoms with E-state index in [-0.39, 0.29) is 18.3 Å². The van der Waals surface area contributed by atoms with Gasteiger partial charge < -0.3 is 9.88 Å². The molecule has 0 aliphatic heterocycles. The monoisotopic (exact) mass is 297 g/mol. The normalized spacial score (nSPS) is 14.8. The fourth-order valence-electron chi connectivity index (χ4n) is 2.08. The summed E-state index contributed by atoms with van der Waals surface area (Å²) in [5.74, 6) is 0.955. The summed E-state index contributed by atoms with van der Waals surface area (Å²) in [5, 5.41) is 3.59. The van der Waals surface area contributed by atoms with Gasteiger partial charge in [-0.1, -0.05) is 11.6 Å². The first-order valence-electron chi connectivity index (χ1n) is 6.17. The number of aromatic nitrogens is 2. The maximum absolute atomic E-state index is 11.9. The summed E-state index contributed by atoms with van der Waals surface area (Å²) in [4.78, 5) is 16.3. The molecule has 1 aromatic carbocycles. The lowest BCUT2D eigenvalue weighted by Gasteiger charge is -2.08. The molecule has 6 heteroatoms. The molecule has 1 heterocycles. The molecule has 0 spiro atoms. The van der Waals surface area contributed by atoms with Gasteiger partial charge in [0.1, 0.15) is 12.4 Å². The van der Waals surface area contributed by atoms with Crippen molar-refractivity contribution < 1.29 is 4.79 Å². The van der Waals surface area contributed by atoms with Crippen LogP contribution in [0.1, 0.15) is 18.7 Å². The van der Waals surface area contributed by atoms with Crippen LogP contribution in [0.15, 0.2) is 18.2 Å². The van der Waals surface area contributed by atoms with E-state index in [2.05, 4.69) is 10.3 Å². The zero-order valence-electron chi connectivity index (χ0n) is 10.2. The van der Waals surface area contributed by atoms with Crippen molar-refractivity contribution in [3.8, 4) is 0 Å². The van der Waals surface area contributed by atoms with Gasteiger partial charge in [-0.25, -0.2) is 4.98 Å². The van der Waals surface area contributed by atoms with E-state index in [1.807, 2.05) is 10.6 Å². The Balaban J connectivity index is 1.93. The van der Waals surface area contributed by atoms with Crippen LogP contribution in [-0.4, -0.2) is 21.5 Å². The number of hydrogen-bond donors (Lipinski definition) is 1. The highest BCUT2D eigenvalue weighted by molar-refractivity contribution is 6.31. The predicted octanol–water partition coefficient (Wildman–Crippen LogP) is 2.71. The lowest BCUT2D eigenvalue weighted by Crippen LogP contribution is -2.29. The highest BCUT2D eigenvalue weighted by Crippen LogP contribution is 2.22. The molecule has 0 atom stereocenters. The lowest BCUT2D eigenvalue weighted by molar-refractivity contribution is -0.121. The van der Waals surface area contributed by atoms with Crippen molar-refractivity contribution in [2.24, 2.45) is 0 Å². The average Bonchev–Trinajstić information content (AvgIpc) is 3.11. The highest BCUT2D eigenvalue weighted by atomic mass is 35.5. The van der Waals surface area contributed by atoms with E-state index in [9.17, 15) is 4.79 Å². The van der Waals surface area contributed by atoms with Crippen molar-refractivity contribution in [2.75, 3.05) is 0 Å². The Morgan fingerprint density at radius 3 is 2.95 bits per heavy atom. The van der Waals surface area contributed by atoms with Crippen molar-refractivity contribution >= 4 is 40.1 Å². The van der Waals surface area contributed by atoms with E-state index < -0.39 is 0 Å². The van der Waals surface area contributed by atoms with Crippen molar-refractivity contribution in [2.45, 2.75) is 31.3 Å². The number of imidazole rings is 1. The zero-order valence-corrected chi connectivity index (χ0v) is 11.7. The molecule has 1 aromatic heterocycles. The molecular formula is C13H13Cl2N3O. The smallest absolute Gasteiger partial charge is 0.240 e. The van der Waals surface area contributed by atoms with E-state index in [4.69, 9.17) is 23.2 Å². The molecule has 0 bridgehead atoms. The summed E-state index contributed by atoms with van der Waals surface area (Å²) in [5.41, 5.74) is 1.65. The molecule has 0 unspecified atom stereocenters. The number of hydrogen-bond acceptors (Lipinski definition) is 2. The Hall–Kier alpha value is -1.26. The van der Waals surface area contributed by atoms with Crippen LogP contribution < -0.4 is 5.32 Å². The molecule has 4 nitrogen and oxygen atoms in total. The molecule has 19 heavy (non-hydrogen) atoms. The highest BCUT2D eigenvalue weighted by Gasteiger charge is 2.24. The second-order valence-corrected chi connectivity index (χ2v) is 5.43. The third-order valence-corrected chi connectivity index (χ3v) is 3.63. The number of rotatable bonds is 4. The largest absolute Gasteiger partial charge is 0.352 e. The van der Waals surface area contributed by atoms with Crippen molar-refractivity contribution in [1.29, 1.82) is 0 Å². The van der Waals surface area contributed by atoms with E-state index in [1.165, 1.54) is 0 Å². The van der Waals surface area contributed by atoms with Crippen LogP contribution in [0.4, 0.5) is 0 Å². The van der Waals surface area contributed by atoms with Gasteiger partial charge in [0.15, 0.2) is 0 Å². The molecular weight excluding hydrogens is 285 g/mol. The number of carbonyl (C=O) groups excluding carboxylic acids is 1. The van der Waals surface area contributed by atoms with Crippen LogP contribution in [-0.2, 0) is 17.2 Å². The Bertz CT molecular complexity index is 634. The summed E-state index contributed by atoms with van der Waals surface area (Å²) in [6.07, 6.45) is 2.16. The number of benzene rings is 1. The third-order valence-electron chi connectivity index (χ3n) is 3.15. The van der Waals surface area contributed by atoms with Crippen LogP contribution in [0.5, 0.6) is 0 Å². The van der Waals surface area contributed by atoms with Crippen LogP contribution in [0.25, 0.3) is 11.0 Å². The van der Waals surface area contributed by atoms with Gasteiger partial charge in [-0.15, -0.1) is 11.6 Å². The SMILES string of the molecule is O=C(Cn1c(CCl)nc2cc(Cl)ccc21)NC1CC1. The topological polar surface area (TPSA) is 46.9 Å². The lowest BCUT2D eigenvalue weighted by atomic mass is 10.3. The maximum atomic E-state index is 11.9. The fourth-order valence-corrected chi connectivity index (χ4v) is 2.45. The summed E-state index contributed by atoms with van der Waals surface area (Å²) >= 11 is 11.8. The first-order chi connectivity index (χ1) is 9.17. The minimum Gasteiger partial charge on any atom is -0.352 e. The quantitative estimate of drug-likeness (QED) is 0.882. The van der Waals surface area contributed by atoms with Gasteiger partial charge in [-0.05, 0) is 31.0 Å². The minimum absolute atomic E-state index is 0.00289. The number of fused-ring (bicyclic) bond motifs is 1. The molecule has 1 saturated carbocycles. The van der Waals surface area contributed by atoms with Gasteiger partial charge in [-0.3, -0.25) is 4.79 Å². The number of alkyl halides is 1. The number of halogens is 2. The Morgan fingerprint density at radius 1 is 1.47 bits per heavy atom. The van der Waals surface area contributed by atoms with Gasteiger partial charge in [0.2, 0.25) is 5.91 Å². The first kappa shape index (κ1) is 12.8. The Kier molecular flexibility index (Phi) is 3.37. The first-order valence-corrected chi connectivity index (χ1v) is 7.08. The number of nitrogens with one attached hydrogen (secondary N) is 1. The molecule has 100 valence electrons. The second kappa shape index (κ2) is 5.02.